The van der Waals surface area contributed by atoms with Crippen LogP contribution in [-0.2, 0) is 9.53 Å². The summed E-state index contributed by atoms with van der Waals surface area (Å²) >= 11 is 11.9. The predicted molar refractivity (Wildman–Crippen MR) is 97.3 cm³/mol. The van der Waals surface area contributed by atoms with Crippen LogP contribution in [0, 0.1) is 0 Å². The zero-order valence-corrected chi connectivity index (χ0v) is 15.7. The summed E-state index contributed by atoms with van der Waals surface area (Å²) in [5.74, 6) is -0.594. The van der Waals surface area contributed by atoms with Gasteiger partial charge in [-0.1, -0.05) is 23.2 Å². The van der Waals surface area contributed by atoms with Crippen LogP contribution in [0.4, 0.5) is 5.69 Å². The number of carbonyl (C=O) groups is 2. The topological polar surface area (TPSA) is 86.8 Å². The lowest BCUT2D eigenvalue weighted by Crippen LogP contribution is -2.30. The first-order valence-corrected chi connectivity index (χ1v) is 8.16. The van der Waals surface area contributed by atoms with Gasteiger partial charge in [0.2, 0.25) is 0 Å². The molecule has 1 aromatic carbocycles. The van der Waals surface area contributed by atoms with Gasteiger partial charge in [0.25, 0.3) is 5.91 Å². The van der Waals surface area contributed by atoms with Crippen molar-refractivity contribution in [2.75, 3.05) is 19.5 Å². The third-order valence-electron chi connectivity index (χ3n) is 3.36. The normalized spacial score (nSPS) is 11.4. The van der Waals surface area contributed by atoms with Gasteiger partial charge in [0.1, 0.15) is 16.7 Å². The number of rotatable bonds is 6. The summed E-state index contributed by atoms with van der Waals surface area (Å²) < 4.78 is 15.4. The predicted octanol–water partition coefficient (Wildman–Crippen LogP) is 3.59. The molecule has 0 aliphatic heterocycles. The first-order valence-electron chi connectivity index (χ1n) is 7.41. The Bertz CT molecular complexity index is 829. The largest absolute Gasteiger partial charge is 0.495 e. The van der Waals surface area contributed by atoms with E-state index < -0.39 is 18.0 Å². The summed E-state index contributed by atoms with van der Waals surface area (Å²) in [7, 11) is 2.90. The molecular formula is C17H16Cl2N2O5. The summed E-state index contributed by atoms with van der Waals surface area (Å²) in [6.45, 7) is 1.43. The molecule has 26 heavy (non-hydrogen) atoms. The van der Waals surface area contributed by atoms with Crippen LogP contribution < -0.4 is 14.8 Å². The summed E-state index contributed by atoms with van der Waals surface area (Å²) in [6.07, 6.45) is 0.346. The average molecular weight is 399 g/mol. The molecule has 1 N–H and O–H groups in total. The summed E-state index contributed by atoms with van der Waals surface area (Å²) in [5.41, 5.74) is 0.379. The number of hydrogen-bond donors (Lipinski definition) is 1. The van der Waals surface area contributed by atoms with E-state index in [4.69, 9.17) is 37.4 Å². The summed E-state index contributed by atoms with van der Waals surface area (Å²) in [5, 5.41) is 2.88. The Morgan fingerprint density at radius 3 is 2.46 bits per heavy atom. The van der Waals surface area contributed by atoms with Crippen molar-refractivity contribution in [2.24, 2.45) is 0 Å². The SMILES string of the molecule is COc1cc(OC)c(NC(=O)C(C)OC(=O)c2cccnc2Cl)cc1Cl. The van der Waals surface area contributed by atoms with Gasteiger partial charge in [0.15, 0.2) is 6.10 Å². The van der Waals surface area contributed by atoms with Gasteiger partial charge in [-0.3, -0.25) is 4.79 Å². The molecule has 0 spiro atoms. The monoisotopic (exact) mass is 398 g/mol. The van der Waals surface area contributed by atoms with E-state index >= 15 is 0 Å². The first-order chi connectivity index (χ1) is 12.4. The van der Waals surface area contributed by atoms with Crippen LogP contribution in [0.25, 0.3) is 0 Å². The maximum atomic E-state index is 12.3. The molecule has 1 heterocycles. The lowest BCUT2D eigenvalue weighted by atomic mass is 10.2. The number of aromatic nitrogens is 1. The highest BCUT2D eigenvalue weighted by molar-refractivity contribution is 6.32. The van der Waals surface area contributed by atoms with Crippen LogP contribution in [-0.4, -0.2) is 37.2 Å². The van der Waals surface area contributed by atoms with Crippen molar-refractivity contribution in [2.45, 2.75) is 13.0 Å². The van der Waals surface area contributed by atoms with Crippen LogP contribution in [0.2, 0.25) is 10.2 Å². The van der Waals surface area contributed by atoms with Crippen molar-refractivity contribution in [3.05, 3.63) is 46.2 Å². The molecule has 0 aliphatic carbocycles. The van der Waals surface area contributed by atoms with Gasteiger partial charge in [0, 0.05) is 12.3 Å². The maximum Gasteiger partial charge on any atom is 0.342 e. The number of halogens is 2. The van der Waals surface area contributed by atoms with Crippen LogP contribution in [0.3, 0.4) is 0 Å². The van der Waals surface area contributed by atoms with Gasteiger partial charge < -0.3 is 19.5 Å². The van der Waals surface area contributed by atoms with E-state index in [2.05, 4.69) is 10.3 Å². The summed E-state index contributed by atoms with van der Waals surface area (Å²) in [4.78, 5) is 28.2. The van der Waals surface area contributed by atoms with Crippen molar-refractivity contribution in [3.8, 4) is 11.5 Å². The van der Waals surface area contributed by atoms with Crippen molar-refractivity contribution in [3.63, 3.8) is 0 Å². The van der Waals surface area contributed by atoms with Gasteiger partial charge in [-0.15, -0.1) is 0 Å². The third kappa shape index (κ3) is 4.56. The second-order valence-corrected chi connectivity index (χ2v) is 5.83. The summed E-state index contributed by atoms with van der Waals surface area (Å²) in [6, 6.07) is 6.00. The number of esters is 1. The Morgan fingerprint density at radius 2 is 1.85 bits per heavy atom. The Labute approximate surface area is 160 Å². The molecule has 1 unspecified atom stereocenters. The molecule has 0 bridgehead atoms. The Kier molecular flexibility index (Phi) is 6.65. The average Bonchev–Trinajstić information content (AvgIpc) is 2.62. The number of nitrogens with one attached hydrogen (secondary N) is 1. The molecule has 2 aromatic rings. The highest BCUT2D eigenvalue weighted by Gasteiger charge is 2.22. The zero-order chi connectivity index (χ0) is 19.3. The van der Waals surface area contributed by atoms with Gasteiger partial charge in [-0.25, -0.2) is 9.78 Å². The van der Waals surface area contributed by atoms with Crippen molar-refractivity contribution < 1.29 is 23.8 Å². The van der Waals surface area contributed by atoms with E-state index in [-0.39, 0.29) is 15.7 Å². The highest BCUT2D eigenvalue weighted by Crippen LogP contribution is 2.36. The van der Waals surface area contributed by atoms with Gasteiger partial charge >= 0.3 is 5.97 Å². The third-order valence-corrected chi connectivity index (χ3v) is 3.96. The Balaban J connectivity index is 2.11. The number of nitrogens with zero attached hydrogens (tertiary/aromatic N) is 1. The maximum absolute atomic E-state index is 12.3. The second kappa shape index (κ2) is 8.73. The Morgan fingerprint density at radius 1 is 1.15 bits per heavy atom. The number of hydrogen-bond acceptors (Lipinski definition) is 6. The minimum atomic E-state index is -1.09. The molecule has 0 saturated heterocycles. The number of benzene rings is 1. The molecule has 9 heteroatoms. The van der Waals surface area contributed by atoms with Gasteiger partial charge in [-0.2, -0.15) is 0 Å². The van der Waals surface area contributed by atoms with E-state index in [0.29, 0.717) is 17.2 Å². The van der Waals surface area contributed by atoms with E-state index in [0.717, 1.165) is 0 Å². The number of pyridine rings is 1. The molecule has 0 radical (unpaired) electrons. The van der Waals surface area contributed by atoms with Crippen LogP contribution in [0.5, 0.6) is 11.5 Å². The molecule has 2 rings (SSSR count). The molecule has 138 valence electrons. The Hall–Kier alpha value is -2.51. The number of anilines is 1. The standard InChI is InChI=1S/C17H16Cl2N2O5/c1-9(26-17(23)10-5-4-6-20-15(10)19)16(22)21-12-7-11(18)13(24-2)8-14(12)25-3/h4-9H,1-3H3,(H,21,22). The van der Waals surface area contributed by atoms with E-state index in [1.807, 2.05) is 0 Å². The van der Waals surface area contributed by atoms with Gasteiger partial charge in [-0.05, 0) is 25.1 Å². The highest BCUT2D eigenvalue weighted by atomic mass is 35.5. The molecular weight excluding hydrogens is 383 g/mol. The van der Waals surface area contributed by atoms with Crippen molar-refractivity contribution in [1.29, 1.82) is 0 Å². The van der Waals surface area contributed by atoms with Crippen LogP contribution in [0.1, 0.15) is 17.3 Å². The lowest BCUT2D eigenvalue weighted by molar-refractivity contribution is -0.123. The van der Waals surface area contributed by atoms with Crippen LogP contribution in [0.15, 0.2) is 30.5 Å². The van der Waals surface area contributed by atoms with Crippen molar-refractivity contribution >= 4 is 40.8 Å². The van der Waals surface area contributed by atoms with E-state index in [1.54, 1.807) is 0 Å². The molecule has 1 atom stereocenters. The molecule has 0 aliphatic rings. The molecule has 0 saturated carbocycles. The van der Waals surface area contributed by atoms with E-state index in [9.17, 15) is 9.59 Å². The molecule has 1 aromatic heterocycles. The minimum Gasteiger partial charge on any atom is -0.495 e. The van der Waals surface area contributed by atoms with Gasteiger partial charge in [0.05, 0.1) is 30.5 Å². The van der Waals surface area contributed by atoms with Crippen molar-refractivity contribution in [1.82, 2.24) is 4.98 Å². The fraction of sp³-hybridized carbons (Fsp3) is 0.235. The number of methoxy groups -OCH3 is 2. The van der Waals surface area contributed by atoms with E-state index in [1.165, 1.54) is 51.6 Å². The second-order valence-electron chi connectivity index (χ2n) is 5.07. The molecule has 1 amide bonds. The number of amides is 1. The number of ether oxygens (including phenoxy) is 3. The fourth-order valence-electron chi connectivity index (χ4n) is 2.01. The molecule has 7 nitrogen and oxygen atoms in total. The zero-order valence-electron chi connectivity index (χ0n) is 14.2. The smallest absolute Gasteiger partial charge is 0.342 e. The fourth-order valence-corrected chi connectivity index (χ4v) is 2.45. The minimum absolute atomic E-state index is 0.00582. The van der Waals surface area contributed by atoms with Crippen LogP contribution >= 0.6 is 23.2 Å². The number of carbonyl (C=O) groups excluding carboxylic acids is 2. The quantitative estimate of drug-likeness (QED) is 0.590. The molecule has 0 fully saturated rings. The first kappa shape index (κ1) is 19.8. The lowest BCUT2D eigenvalue weighted by Gasteiger charge is -2.16.